The Hall–Kier alpha value is -4.06. The second-order valence-corrected chi connectivity index (χ2v) is 18.4. The number of aromatic nitrogens is 3. The Labute approximate surface area is 298 Å². The zero-order valence-corrected chi connectivity index (χ0v) is 31.4. The van der Waals surface area contributed by atoms with Crippen molar-refractivity contribution in [3.8, 4) is 44.2 Å². The molecule has 1 radical (unpaired) electrons. The fourth-order valence-electron chi connectivity index (χ4n) is 5.33. The molecule has 0 aliphatic carbocycles. The van der Waals surface area contributed by atoms with Gasteiger partial charge in [0.1, 0.15) is 5.01 Å². The van der Waals surface area contributed by atoms with Crippen LogP contribution < -0.4 is 5.19 Å². The molecule has 0 atom stereocenters. The van der Waals surface area contributed by atoms with Crippen molar-refractivity contribution in [1.82, 2.24) is 15.0 Å². The van der Waals surface area contributed by atoms with Crippen LogP contribution in [-0.4, -0.2) is 23.0 Å². The molecule has 0 N–H and O–H groups in total. The van der Waals surface area contributed by atoms with Crippen LogP contribution >= 0.6 is 11.3 Å². The van der Waals surface area contributed by atoms with E-state index >= 15 is 0 Å². The molecular formula is C41H37IrN3SSi-2. The summed E-state index contributed by atoms with van der Waals surface area (Å²) >= 11 is 1.66. The van der Waals surface area contributed by atoms with Crippen LogP contribution in [0.2, 0.25) is 19.6 Å². The van der Waals surface area contributed by atoms with Gasteiger partial charge in [0.25, 0.3) is 0 Å². The maximum atomic E-state index is 8.84. The van der Waals surface area contributed by atoms with Crippen molar-refractivity contribution in [2.24, 2.45) is 0 Å². The first-order valence-electron chi connectivity index (χ1n) is 15.9. The summed E-state index contributed by atoms with van der Waals surface area (Å²) in [5.74, 6) is -0.704. The number of fused-ring (bicyclic) bond motifs is 1. The van der Waals surface area contributed by atoms with Gasteiger partial charge in [-0.3, -0.25) is 4.98 Å². The number of hydrogen-bond acceptors (Lipinski definition) is 4. The van der Waals surface area contributed by atoms with E-state index in [-0.39, 0.29) is 20.1 Å². The molecule has 0 spiro atoms. The zero-order valence-electron chi connectivity index (χ0n) is 28.2. The van der Waals surface area contributed by atoms with E-state index < -0.39 is 14.0 Å². The molecule has 0 saturated heterocycles. The summed E-state index contributed by atoms with van der Waals surface area (Å²) in [5.41, 5.74) is 9.14. The van der Waals surface area contributed by atoms with E-state index in [2.05, 4.69) is 85.3 Å². The fraction of sp³-hybridized carbons (Fsp3) is 0.146. The molecule has 237 valence electrons. The maximum absolute atomic E-state index is 8.84. The van der Waals surface area contributed by atoms with E-state index in [4.69, 9.17) is 11.3 Å². The van der Waals surface area contributed by atoms with E-state index in [1.807, 2.05) is 86.8 Å². The molecule has 0 bridgehead atoms. The Morgan fingerprint density at radius 2 is 1.43 bits per heavy atom. The number of pyridine rings is 2. The third-order valence-electron chi connectivity index (χ3n) is 7.70. The second-order valence-electron chi connectivity index (χ2n) is 12.4. The summed E-state index contributed by atoms with van der Waals surface area (Å²) in [6.45, 7) is 10.9. The van der Waals surface area contributed by atoms with Gasteiger partial charge < -0.3 is 9.97 Å². The van der Waals surface area contributed by atoms with Gasteiger partial charge >= 0.3 is 0 Å². The molecule has 0 amide bonds. The SMILES string of the molecule is [2H]C(C)(C)c1cc(-c2[c-]c3sc(-c4ccccc4)nc3c(-c3ccccc3)c2)ncc1[Si](C)(C)C.[Ir].[c-]1ccccc1-c1ccccn1. The van der Waals surface area contributed by atoms with E-state index in [1.165, 1.54) is 5.19 Å². The van der Waals surface area contributed by atoms with Crippen molar-refractivity contribution in [1.29, 1.82) is 0 Å². The molecule has 0 aliphatic heterocycles. The Balaban J connectivity index is 0.000000291. The summed E-state index contributed by atoms with van der Waals surface area (Å²) in [5, 5.41) is 2.23. The molecule has 3 nitrogen and oxygen atoms in total. The molecule has 47 heavy (non-hydrogen) atoms. The van der Waals surface area contributed by atoms with Gasteiger partial charge in [0, 0.05) is 44.9 Å². The average Bonchev–Trinajstić information content (AvgIpc) is 3.53. The van der Waals surface area contributed by atoms with Crippen molar-refractivity contribution in [3.05, 3.63) is 145 Å². The van der Waals surface area contributed by atoms with Crippen LogP contribution in [0.1, 0.15) is 26.7 Å². The molecule has 6 heteroatoms. The van der Waals surface area contributed by atoms with Gasteiger partial charge in [0.05, 0.1) is 8.07 Å². The predicted molar refractivity (Wildman–Crippen MR) is 198 cm³/mol. The van der Waals surface area contributed by atoms with Crippen LogP contribution in [0.15, 0.2) is 128 Å². The summed E-state index contributed by atoms with van der Waals surface area (Å²) < 4.78 is 9.85. The zero-order chi connectivity index (χ0) is 33.0. The average molecular weight is 825 g/mol. The molecule has 0 fully saturated rings. The van der Waals surface area contributed by atoms with Gasteiger partial charge in [-0.25, -0.2) is 0 Å². The van der Waals surface area contributed by atoms with Crippen molar-refractivity contribution < 1.29 is 21.5 Å². The monoisotopic (exact) mass is 825 g/mol. The second kappa shape index (κ2) is 15.2. The summed E-state index contributed by atoms with van der Waals surface area (Å²) in [6, 6.07) is 45.4. The normalized spacial score (nSPS) is 11.6. The summed E-state index contributed by atoms with van der Waals surface area (Å²) in [4.78, 5) is 14.2. The fourth-order valence-corrected chi connectivity index (χ4v) is 7.91. The molecule has 7 aromatic rings. The maximum Gasteiger partial charge on any atom is 0.112 e. The number of benzene rings is 4. The van der Waals surface area contributed by atoms with Crippen LogP contribution in [0.5, 0.6) is 0 Å². The minimum Gasteiger partial charge on any atom is -0.305 e. The molecule has 3 heterocycles. The van der Waals surface area contributed by atoms with Crippen LogP contribution in [0.25, 0.3) is 54.4 Å². The van der Waals surface area contributed by atoms with Crippen LogP contribution in [0.4, 0.5) is 0 Å². The molecule has 7 rings (SSSR count). The predicted octanol–water partition coefficient (Wildman–Crippen LogP) is 10.7. The number of hydrogen-bond donors (Lipinski definition) is 0. The third kappa shape index (κ3) is 8.09. The first-order chi connectivity index (χ1) is 22.6. The molecular weight excluding hydrogens is 787 g/mol. The van der Waals surface area contributed by atoms with Crippen molar-refractivity contribution in [2.45, 2.75) is 39.4 Å². The largest absolute Gasteiger partial charge is 0.305 e. The van der Waals surface area contributed by atoms with Crippen molar-refractivity contribution >= 4 is 34.8 Å². The van der Waals surface area contributed by atoms with Gasteiger partial charge in [-0.1, -0.05) is 123 Å². The first kappa shape index (κ1) is 32.9. The van der Waals surface area contributed by atoms with Crippen molar-refractivity contribution in [2.75, 3.05) is 0 Å². The topological polar surface area (TPSA) is 38.7 Å². The van der Waals surface area contributed by atoms with Crippen LogP contribution in [0, 0.1) is 12.1 Å². The van der Waals surface area contributed by atoms with Crippen LogP contribution in [-0.2, 0) is 20.1 Å². The Kier molecular flexibility index (Phi) is 10.6. The molecule has 0 saturated carbocycles. The smallest absolute Gasteiger partial charge is 0.112 e. The van der Waals surface area contributed by atoms with Gasteiger partial charge in [-0.05, 0) is 38.8 Å². The standard InChI is InChI=1S/C30H29N2SSi.C11H8N.Ir/c1-20(2)24-18-26(31-19-28(24)34(3,4)5)23-16-25(21-12-8-6-9-13-21)29-27(17-23)33-30(32-29)22-14-10-7-11-15-22;1-2-6-10(7-3-1)11-8-4-5-9-12-11;/h6-16,18-20H,1-5H3;1-6,8-9H;/q2*-1;/i20D;;. The molecule has 4 aromatic carbocycles. The first-order valence-corrected chi connectivity index (χ1v) is 19.8. The molecule has 0 aliphatic rings. The third-order valence-corrected chi connectivity index (χ3v) is 10.7. The quantitative estimate of drug-likeness (QED) is 0.124. The van der Waals surface area contributed by atoms with Gasteiger partial charge in [-0.15, -0.1) is 64.9 Å². The van der Waals surface area contributed by atoms with E-state index in [0.717, 1.165) is 60.0 Å². The van der Waals surface area contributed by atoms with Crippen molar-refractivity contribution in [3.63, 3.8) is 0 Å². The van der Waals surface area contributed by atoms with E-state index in [0.29, 0.717) is 0 Å². The Bertz CT molecular complexity index is 2050. The number of nitrogens with zero attached hydrogens (tertiary/aromatic N) is 3. The Morgan fingerprint density at radius 1 is 0.745 bits per heavy atom. The number of rotatable bonds is 6. The molecule has 3 aromatic heterocycles. The van der Waals surface area contributed by atoms with Gasteiger partial charge in [0.15, 0.2) is 0 Å². The molecule has 0 unspecified atom stereocenters. The number of thiazole rings is 1. The van der Waals surface area contributed by atoms with E-state index in [1.54, 1.807) is 17.5 Å². The summed E-state index contributed by atoms with van der Waals surface area (Å²) in [7, 11) is -1.65. The van der Waals surface area contributed by atoms with Gasteiger partial charge in [-0.2, -0.15) is 0 Å². The minimum atomic E-state index is -1.65. The van der Waals surface area contributed by atoms with Crippen LogP contribution in [0.3, 0.4) is 0 Å². The van der Waals surface area contributed by atoms with E-state index in [9.17, 15) is 0 Å². The minimum absolute atomic E-state index is 0. The van der Waals surface area contributed by atoms with Gasteiger partial charge in [0.2, 0.25) is 0 Å². The summed E-state index contributed by atoms with van der Waals surface area (Å²) in [6.07, 6.45) is 3.80. The Morgan fingerprint density at radius 3 is 2.04 bits per heavy atom.